The van der Waals surface area contributed by atoms with Crippen LogP contribution in [-0.4, -0.2) is 16.4 Å². The Morgan fingerprint density at radius 1 is 1.31 bits per heavy atom. The molecule has 16 heavy (non-hydrogen) atoms. The summed E-state index contributed by atoms with van der Waals surface area (Å²) in [5.74, 6) is -0.328. The first-order chi connectivity index (χ1) is 7.20. The van der Waals surface area contributed by atoms with Crippen molar-refractivity contribution in [1.82, 2.24) is 10.3 Å². The third kappa shape index (κ3) is 2.95. The lowest BCUT2D eigenvalue weighted by molar-refractivity contribution is 0.0917. The molecule has 1 heterocycles. The summed E-state index contributed by atoms with van der Waals surface area (Å²) in [6.45, 7) is 9.19. The van der Waals surface area contributed by atoms with Crippen molar-refractivity contribution in [2.75, 3.05) is 0 Å². The first kappa shape index (κ1) is 12.5. The summed E-state index contributed by atoms with van der Waals surface area (Å²) in [4.78, 5) is 26.2. The Morgan fingerprint density at radius 2 is 1.88 bits per heavy atom. The van der Waals surface area contributed by atoms with Crippen LogP contribution in [0.1, 0.15) is 42.4 Å². The monoisotopic (exact) mass is 222 g/mol. The van der Waals surface area contributed by atoms with Crippen molar-refractivity contribution in [3.63, 3.8) is 0 Å². The molecule has 1 aromatic heterocycles. The molecule has 0 radical (unpaired) electrons. The maximum absolute atomic E-state index is 11.9. The average Bonchev–Trinajstić information content (AvgIpc) is 1.96. The number of H-pyrrole nitrogens is 1. The number of hydrogen-bond acceptors (Lipinski definition) is 2. The molecule has 0 aliphatic rings. The lowest BCUT2D eigenvalue weighted by Crippen LogP contribution is -2.43. The summed E-state index contributed by atoms with van der Waals surface area (Å²) in [7, 11) is 0. The lowest BCUT2D eigenvalue weighted by Gasteiger charge is -2.20. The highest BCUT2D eigenvalue weighted by molar-refractivity contribution is 5.95. The van der Waals surface area contributed by atoms with Gasteiger partial charge >= 0.3 is 0 Å². The van der Waals surface area contributed by atoms with Gasteiger partial charge in [-0.1, -0.05) is 0 Å². The minimum Gasteiger partial charge on any atom is -0.347 e. The van der Waals surface area contributed by atoms with E-state index in [0.717, 1.165) is 5.69 Å². The first-order valence-electron chi connectivity index (χ1n) is 5.24. The normalized spacial score (nSPS) is 11.3. The van der Waals surface area contributed by atoms with Crippen LogP contribution in [-0.2, 0) is 0 Å². The number of amides is 1. The van der Waals surface area contributed by atoms with E-state index in [1.807, 2.05) is 20.8 Å². The molecule has 4 heteroatoms. The number of rotatable bonds is 1. The average molecular weight is 222 g/mol. The third-order valence-corrected chi connectivity index (χ3v) is 2.08. The second-order valence-electron chi connectivity index (χ2n) is 5.04. The van der Waals surface area contributed by atoms with Crippen molar-refractivity contribution in [2.24, 2.45) is 0 Å². The number of aryl methyl sites for hydroxylation is 2. The fourth-order valence-corrected chi connectivity index (χ4v) is 1.54. The first-order valence-corrected chi connectivity index (χ1v) is 5.24. The van der Waals surface area contributed by atoms with Crippen LogP contribution in [0.5, 0.6) is 0 Å². The van der Waals surface area contributed by atoms with Crippen LogP contribution in [0.25, 0.3) is 0 Å². The number of pyridine rings is 1. The highest BCUT2D eigenvalue weighted by Gasteiger charge is 2.19. The van der Waals surface area contributed by atoms with E-state index in [4.69, 9.17) is 0 Å². The molecule has 0 unspecified atom stereocenters. The summed E-state index contributed by atoms with van der Waals surface area (Å²) in [6.07, 6.45) is 0. The summed E-state index contributed by atoms with van der Waals surface area (Å²) in [6, 6.07) is 1.79. The van der Waals surface area contributed by atoms with Crippen molar-refractivity contribution in [3.05, 3.63) is 33.2 Å². The third-order valence-electron chi connectivity index (χ3n) is 2.08. The van der Waals surface area contributed by atoms with E-state index in [2.05, 4.69) is 10.3 Å². The number of hydrogen-bond donors (Lipinski definition) is 2. The van der Waals surface area contributed by atoms with Gasteiger partial charge in [0.15, 0.2) is 0 Å². The molecular weight excluding hydrogens is 204 g/mol. The van der Waals surface area contributed by atoms with Gasteiger partial charge in [-0.15, -0.1) is 0 Å². The standard InChI is InChI=1S/C12H18N2O2/c1-7-6-8(2)13-10(15)9(7)11(16)14-12(3,4)5/h6H,1-5H3,(H,13,15)(H,14,16). The van der Waals surface area contributed by atoms with E-state index in [9.17, 15) is 9.59 Å². The molecular formula is C12H18N2O2. The summed E-state index contributed by atoms with van der Waals surface area (Å²) < 4.78 is 0. The van der Waals surface area contributed by atoms with Crippen LogP contribution < -0.4 is 10.9 Å². The Labute approximate surface area is 95.1 Å². The predicted octanol–water partition coefficient (Wildman–Crippen LogP) is 1.52. The second-order valence-corrected chi connectivity index (χ2v) is 5.04. The van der Waals surface area contributed by atoms with Crippen molar-refractivity contribution in [1.29, 1.82) is 0 Å². The van der Waals surface area contributed by atoms with Crippen molar-refractivity contribution >= 4 is 5.91 Å². The molecule has 0 aliphatic heterocycles. The summed E-state index contributed by atoms with van der Waals surface area (Å²) in [5, 5.41) is 2.78. The van der Waals surface area contributed by atoms with Crippen LogP contribution in [0.3, 0.4) is 0 Å². The van der Waals surface area contributed by atoms with Gasteiger partial charge in [-0.2, -0.15) is 0 Å². The van der Waals surface area contributed by atoms with Gasteiger partial charge in [-0.05, 0) is 46.2 Å². The van der Waals surface area contributed by atoms with Crippen LogP contribution in [0, 0.1) is 13.8 Å². The van der Waals surface area contributed by atoms with E-state index in [0.29, 0.717) is 5.56 Å². The van der Waals surface area contributed by atoms with Gasteiger partial charge in [-0.25, -0.2) is 0 Å². The quantitative estimate of drug-likeness (QED) is 0.756. The van der Waals surface area contributed by atoms with Gasteiger partial charge in [-0.3, -0.25) is 9.59 Å². The maximum atomic E-state index is 11.9. The van der Waals surface area contributed by atoms with Gasteiger partial charge in [0, 0.05) is 11.2 Å². The van der Waals surface area contributed by atoms with E-state index in [-0.39, 0.29) is 22.6 Å². The highest BCUT2D eigenvalue weighted by atomic mass is 16.2. The van der Waals surface area contributed by atoms with Gasteiger partial charge in [0.2, 0.25) is 0 Å². The minimum atomic E-state index is -0.346. The molecule has 0 atom stereocenters. The second kappa shape index (κ2) is 4.12. The topological polar surface area (TPSA) is 62.0 Å². The van der Waals surface area contributed by atoms with Crippen LogP contribution in [0.2, 0.25) is 0 Å². The van der Waals surface area contributed by atoms with Gasteiger partial charge in [0.05, 0.1) is 0 Å². The molecule has 0 saturated heterocycles. The molecule has 0 aliphatic carbocycles. The zero-order chi connectivity index (χ0) is 12.5. The highest BCUT2D eigenvalue weighted by Crippen LogP contribution is 2.06. The fraction of sp³-hybridized carbons (Fsp3) is 0.500. The molecule has 1 amide bonds. The number of aromatic amines is 1. The molecule has 2 N–H and O–H groups in total. The maximum Gasteiger partial charge on any atom is 0.261 e. The molecule has 1 aromatic rings. The van der Waals surface area contributed by atoms with E-state index in [1.54, 1.807) is 19.9 Å². The SMILES string of the molecule is Cc1cc(C)c(C(=O)NC(C)(C)C)c(=O)[nH]1. The van der Waals surface area contributed by atoms with Crippen molar-refractivity contribution in [2.45, 2.75) is 40.2 Å². The molecule has 0 aromatic carbocycles. The smallest absolute Gasteiger partial charge is 0.261 e. The Balaban J connectivity index is 3.15. The van der Waals surface area contributed by atoms with Gasteiger partial charge in [0.25, 0.3) is 11.5 Å². The largest absolute Gasteiger partial charge is 0.347 e. The number of carbonyl (C=O) groups is 1. The van der Waals surface area contributed by atoms with E-state index < -0.39 is 0 Å². The zero-order valence-electron chi connectivity index (χ0n) is 10.4. The lowest BCUT2D eigenvalue weighted by atomic mass is 10.1. The molecule has 0 fully saturated rings. The van der Waals surface area contributed by atoms with Gasteiger partial charge < -0.3 is 10.3 Å². The Kier molecular flexibility index (Phi) is 3.21. The van der Waals surface area contributed by atoms with Crippen molar-refractivity contribution < 1.29 is 4.79 Å². The van der Waals surface area contributed by atoms with Gasteiger partial charge in [0.1, 0.15) is 5.56 Å². The number of aromatic nitrogens is 1. The summed E-state index contributed by atoms with van der Waals surface area (Å²) >= 11 is 0. The van der Waals surface area contributed by atoms with E-state index >= 15 is 0 Å². The predicted molar refractivity (Wildman–Crippen MR) is 63.8 cm³/mol. The van der Waals surface area contributed by atoms with Crippen LogP contribution >= 0.6 is 0 Å². The minimum absolute atomic E-state index is 0.195. The molecule has 0 bridgehead atoms. The molecule has 4 nitrogen and oxygen atoms in total. The molecule has 0 spiro atoms. The molecule has 1 rings (SSSR count). The van der Waals surface area contributed by atoms with Crippen molar-refractivity contribution in [3.8, 4) is 0 Å². The van der Waals surface area contributed by atoms with Crippen LogP contribution in [0.4, 0.5) is 0 Å². The Morgan fingerprint density at radius 3 is 2.31 bits per heavy atom. The summed E-state index contributed by atoms with van der Waals surface area (Å²) in [5.41, 5.74) is 0.971. The van der Waals surface area contributed by atoms with E-state index in [1.165, 1.54) is 0 Å². The zero-order valence-corrected chi connectivity index (χ0v) is 10.4. The Bertz CT molecular complexity index is 467. The molecule has 0 saturated carbocycles. The Hall–Kier alpha value is -1.58. The number of nitrogens with one attached hydrogen (secondary N) is 2. The molecule has 88 valence electrons. The fourth-order valence-electron chi connectivity index (χ4n) is 1.54. The van der Waals surface area contributed by atoms with Crippen LogP contribution in [0.15, 0.2) is 10.9 Å². The number of carbonyl (C=O) groups excluding carboxylic acids is 1.